The van der Waals surface area contributed by atoms with E-state index in [0.29, 0.717) is 23.1 Å². The molecule has 1 N–H and O–H groups in total. The number of ether oxygens (including phenoxy) is 2. The number of rotatable bonds is 1. The van der Waals surface area contributed by atoms with Crippen molar-refractivity contribution in [3.8, 4) is 11.5 Å². The van der Waals surface area contributed by atoms with Gasteiger partial charge in [0.25, 0.3) is 5.91 Å². The van der Waals surface area contributed by atoms with Gasteiger partial charge in [0.05, 0.1) is 0 Å². The van der Waals surface area contributed by atoms with Gasteiger partial charge in [0.15, 0.2) is 11.5 Å². The van der Waals surface area contributed by atoms with Crippen LogP contribution >= 0.6 is 0 Å². The van der Waals surface area contributed by atoms with Crippen LogP contribution in [0.4, 0.5) is 0 Å². The van der Waals surface area contributed by atoms with Crippen molar-refractivity contribution < 1.29 is 14.3 Å². The summed E-state index contributed by atoms with van der Waals surface area (Å²) < 4.78 is 10.6. The van der Waals surface area contributed by atoms with E-state index in [4.69, 9.17) is 9.47 Å². The van der Waals surface area contributed by atoms with E-state index in [1.165, 1.54) is 0 Å². The van der Waals surface area contributed by atoms with Crippen molar-refractivity contribution in [3.63, 3.8) is 0 Å². The van der Waals surface area contributed by atoms with E-state index in [2.05, 4.69) is 19.2 Å². The smallest absolute Gasteiger partial charge is 0.254 e. The first-order chi connectivity index (χ1) is 9.15. The van der Waals surface area contributed by atoms with E-state index in [1.54, 1.807) is 18.2 Å². The molecule has 1 aromatic carbocycles. The average molecular weight is 262 g/mol. The molecule has 1 aromatic rings. The van der Waals surface area contributed by atoms with Gasteiger partial charge >= 0.3 is 0 Å². The summed E-state index contributed by atoms with van der Waals surface area (Å²) in [6, 6.07) is 5.90. The van der Waals surface area contributed by atoms with Gasteiger partial charge in [0.2, 0.25) is 6.79 Å². The number of fused-ring (bicyclic) bond motifs is 1. The van der Waals surface area contributed by atoms with Crippen molar-refractivity contribution in [1.29, 1.82) is 0 Å². The first-order valence-electron chi connectivity index (χ1n) is 6.59. The molecule has 0 radical (unpaired) electrons. The molecule has 2 aliphatic heterocycles. The predicted molar refractivity (Wildman–Crippen MR) is 70.5 cm³/mol. The number of carbonyl (C=O) groups is 1. The van der Waals surface area contributed by atoms with Crippen LogP contribution in [0.15, 0.2) is 18.2 Å². The van der Waals surface area contributed by atoms with Crippen molar-refractivity contribution in [2.45, 2.75) is 25.9 Å². The number of nitrogens with zero attached hydrogens (tertiary/aromatic N) is 1. The molecule has 0 bridgehead atoms. The molecule has 2 heterocycles. The Hall–Kier alpha value is -1.75. The fraction of sp³-hybridized carbons (Fsp3) is 0.500. The van der Waals surface area contributed by atoms with Crippen LogP contribution in [0.25, 0.3) is 0 Å². The Bertz CT molecular complexity index is 503. The van der Waals surface area contributed by atoms with E-state index in [0.717, 1.165) is 13.1 Å². The SMILES string of the molecule is CC1CN(C(=O)c2ccc3c(c2)OCO3)C(C)CN1. The Morgan fingerprint density at radius 2 is 2.11 bits per heavy atom. The van der Waals surface area contributed by atoms with Crippen LogP contribution in [0, 0.1) is 0 Å². The third-order valence-corrected chi connectivity index (χ3v) is 3.64. The molecule has 1 amide bonds. The van der Waals surface area contributed by atoms with Gasteiger partial charge in [-0.3, -0.25) is 4.79 Å². The lowest BCUT2D eigenvalue weighted by Gasteiger charge is -2.37. The molecule has 1 fully saturated rings. The maximum Gasteiger partial charge on any atom is 0.254 e. The molecule has 0 saturated carbocycles. The molecule has 2 aliphatic rings. The average Bonchev–Trinajstić information content (AvgIpc) is 2.88. The van der Waals surface area contributed by atoms with Crippen LogP contribution in [0.5, 0.6) is 11.5 Å². The maximum atomic E-state index is 12.6. The van der Waals surface area contributed by atoms with Crippen LogP contribution in [-0.2, 0) is 0 Å². The van der Waals surface area contributed by atoms with Crippen molar-refractivity contribution in [2.24, 2.45) is 0 Å². The van der Waals surface area contributed by atoms with Gasteiger partial charge in [-0.25, -0.2) is 0 Å². The largest absolute Gasteiger partial charge is 0.454 e. The quantitative estimate of drug-likeness (QED) is 0.827. The third-order valence-electron chi connectivity index (χ3n) is 3.64. The van der Waals surface area contributed by atoms with E-state index in [9.17, 15) is 4.79 Å². The van der Waals surface area contributed by atoms with Crippen LogP contribution < -0.4 is 14.8 Å². The van der Waals surface area contributed by atoms with Gasteiger partial charge in [-0.1, -0.05) is 0 Å². The molecule has 0 spiro atoms. The highest BCUT2D eigenvalue weighted by molar-refractivity contribution is 5.95. The predicted octanol–water partition coefficient (Wildman–Crippen LogP) is 1.24. The molecule has 1 saturated heterocycles. The van der Waals surface area contributed by atoms with E-state index in [-0.39, 0.29) is 18.7 Å². The van der Waals surface area contributed by atoms with Crippen molar-refractivity contribution >= 4 is 5.91 Å². The molecule has 2 unspecified atom stereocenters. The van der Waals surface area contributed by atoms with Crippen LogP contribution in [0.2, 0.25) is 0 Å². The zero-order chi connectivity index (χ0) is 13.4. The van der Waals surface area contributed by atoms with E-state index >= 15 is 0 Å². The second kappa shape index (κ2) is 4.74. The van der Waals surface area contributed by atoms with Gasteiger partial charge < -0.3 is 19.7 Å². The second-order valence-electron chi connectivity index (χ2n) is 5.18. The Morgan fingerprint density at radius 3 is 2.95 bits per heavy atom. The van der Waals surface area contributed by atoms with E-state index < -0.39 is 0 Å². The summed E-state index contributed by atoms with van der Waals surface area (Å²) >= 11 is 0. The number of nitrogens with one attached hydrogen (secondary N) is 1. The lowest BCUT2D eigenvalue weighted by molar-refractivity contribution is 0.0616. The van der Waals surface area contributed by atoms with Gasteiger partial charge in [0, 0.05) is 30.7 Å². The fourth-order valence-electron chi connectivity index (χ4n) is 2.50. The first kappa shape index (κ1) is 12.3. The normalized spacial score (nSPS) is 25.5. The number of hydrogen-bond acceptors (Lipinski definition) is 4. The zero-order valence-electron chi connectivity index (χ0n) is 11.2. The van der Waals surface area contributed by atoms with Crippen LogP contribution in [0.3, 0.4) is 0 Å². The summed E-state index contributed by atoms with van der Waals surface area (Å²) in [5, 5.41) is 3.37. The second-order valence-corrected chi connectivity index (χ2v) is 5.18. The summed E-state index contributed by atoms with van der Waals surface area (Å²) in [7, 11) is 0. The molecule has 19 heavy (non-hydrogen) atoms. The molecule has 2 atom stereocenters. The minimum atomic E-state index is 0.0548. The maximum absolute atomic E-state index is 12.6. The van der Waals surface area contributed by atoms with Crippen molar-refractivity contribution in [2.75, 3.05) is 19.9 Å². The Kier molecular flexibility index (Phi) is 3.06. The first-order valence-corrected chi connectivity index (χ1v) is 6.59. The molecule has 3 rings (SSSR count). The summed E-state index contributed by atoms with van der Waals surface area (Å²) in [4.78, 5) is 14.5. The molecular weight excluding hydrogens is 244 g/mol. The molecule has 0 aromatic heterocycles. The zero-order valence-corrected chi connectivity index (χ0v) is 11.2. The summed E-state index contributed by atoms with van der Waals surface area (Å²) in [6.07, 6.45) is 0. The summed E-state index contributed by atoms with van der Waals surface area (Å²) in [5.74, 6) is 1.42. The van der Waals surface area contributed by atoms with Crippen molar-refractivity contribution in [3.05, 3.63) is 23.8 Å². The number of carbonyl (C=O) groups excluding carboxylic acids is 1. The highest BCUT2D eigenvalue weighted by atomic mass is 16.7. The number of hydrogen-bond donors (Lipinski definition) is 1. The van der Waals surface area contributed by atoms with Crippen molar-refractivity contribution in [1.82, 2.24) is 10.2 Å². The molecule has 0 aliphatic carbocycles. The van der Waals surface area contributed by atoms with E-state index in [1.807, 2.05) is 4.90 Å². The molecule has 5 heteroatoms. The minimum Gasteiger partial charge on any atom is -0.454 e. The summed E-state index contributed by atoms with van der Waals surface area (Å²) in [5.41, 5.74) is 0.658. The Morgan fingerprint density at radius 1 is 1.32 bits per heavy atom. The van der Waals surface area contributed by atoms with Crippen LogP contribution in [0.1, 0.15) is 24.2 Å². The standard InChI is InChI=1S/C14H18N2O3/c1-9-7-16(10(2)6-15-9)14(17)11-3-4-12-13(5-11)19-8-18-12/h3-5,9-10,15H,6-8H2,1-2H3. The van der Waals surface area contributed by atoms with Gasteiger partial charge in [-0.15, -0.1) is 0 Å². The minimum absolute atomic E-state index is 0.0548. The van der Waals surface area contributed by atoms with Crippen LogP contribution in [-0.4, -0.2) is 42.8 Å². The Labute approximate surface area is 112 Å². The Balaban J connectivity index is 1.83. The molecular formula is C14H18N2O3. The molecule has 102 valence electrons. The lowest BCUT2D eigenvalue weighted by atomic mass is 10.1. The third kappa shape index (κ3) is 2.26. The highest BCUT2D eigenvalue weighted by Crippen LogP contribution is 2.33. The lowest BCUT2D eigenvalue weighted by Crippen LogP contribution is -2.56. The topological polar surface area (TPSA) is 50.8 Å². The number of amides is 1. The highest BCUT2D eigenvalue weighted by Gasteiger charge is 2.28. The fourth-order valence-corrected chi connectivity index (χ4v) is 2.50. The van der Waals surface area contributed by atoms with Gasteiger partial charge in [-0.2, -0.15) is 0 Å². The summed E-state index contributed by atoms with van der Waals surface area (Å²) in [6.45, 7) is 5.94. The number of benzene rings is 1. The number of piperazine rings is 1. The monoisotopic (exact) mass is 262 g/mol. The molecule has 5 nitrogen and oxygen atoms in total. The van der Waals surface area contributed by atoms with Gasteiger partial charge in [-0.05, 0) is 32.0 Å². The van der Waals surface area contributed by atoms with Gasteiger partial charge in [0.1, 0.15) is 0 Å².